The fourth-order valence-corrected chi connectivity index (χ4v) is 5.75. The molecule has 0 aliphatic carbocycles. The number of hydrogen-bond donors (Lipinski definition) is 3. The number of aryl methyl sites for hydroxylation is 1. The number of aromatic hydroxyl groups is 2. The van der Waals surface area contributed by atoms with Crippen molar-refractivity contribution < 1.29 is 36.9 Å². The third-order valence-electron chi connectivity index (χ3n) is 4.58. The number of phenolic OH excluding ortho intramolecular Hbond substituents is 2. The van der Waals surface area contributed by atoms with Crippen molar-refractivity contribution in [3.63, 3.8) is 0 Å². The van der Waals surface area contributed by atoms with Crippen molar-refractivity contribution in [3.8, 4) is 11.5 Å². The second-order valence-corrected chi connectivity index (χ2v) is 11.2. The zero-order chi connectivity index (χ0) is 26.0. The van der Waals surface area contributed by atoms with E-state index in [0.29, 0.717) is 17.7 Å². The van der Waals surface area contributed by atoms with Crippen molar-refractivity contribution in [2.45, 2.75) is 26.3 Å². The van der Waals surface area contributed by atoms with Gasteiger partial charge in [0.15, 0.2) is 0 Å². The minimum Gasteiger partial charge on any atom is -0.506 e. The number of halogens is 3. The summed E-state index contributed by atoms with van der Waals surface area (Å²) in [5.41, 5.74) is 3.65. The van der Waals surface area contributed by atoms with Crippen LogP contribution in [0.4, 0.5) is 0 Å². The summed E-state index contributed by atoms with van der Waals surface area (Å²) in [6, 6.07) is 17.8. The summed E-state index contributed by atoms with van der Waals surface area (Å²) >= 11 is 6.48. The maximum absolute atomic E-state index is 10.4. The number of carboxylic acid groups (broad SMARTS) is 1. The standard InChI is InChI=1S/C24H21I3N2O2.C2H4O2.Co/c1-15-7-17(23(30)21(26)8-15)12-28-14-20(9-16-5-3-2-4-6-16)29-13-18-10-19(25)11-22(27)24(18)31;1-2(3)4;/h2-8,10-13,20,30-31H,9,14H2,1H3;1H3,(H,3,4);. The van der Waals surface area contributed by atoms with E-state index in [2.05, 4.69) is 84.9 Å². The van der Waals surface area contributed by atoms with Gasteiger partial charge in [-0.3, -0.25) is 14.8 Å². The molecule has 0 amide bonds. The molecule has 1 unspecified atom stereocenters. The van der Waals surface area contributed by atoms with Crippen LogP contribution in [0.3, 0.4) is 0 Å². The van der Waals surface area contributed by atoms with E-state index in [1.807, 2.05) is 49.4 Å². The van der Waals surface area contributed by atoms with Gasteiger partial charge in [0.2, 0.25) is 0 Å². The molecule has 0 saturated heterocycles. The van der Waals surface area contributed by atoms with Crippen LogP contribution >= 0.6 is 67.8 Å². The minimum atomic E-state index is -0.833. The number of aliphatic carboxylic acids is 1. The quantitative estimate of drug-likeness (QED) is 0.188. The van der Waals surface area contributed by atoms with Crippen molar-refractivity contribution in [3.05, 3.63) is 87.6 Å². The smallest absolute Gasteiger partial charge is 0.300 e. The molecule has 0 fully saturated rings. The molecule has 0 saturated carbocycles. The van der Waals surface area contributed by atoms with Crippen LogP contribution in [0.25, 0.3) is 0 Å². The number of aliphatic imine (C=N–C) groups is 2. The Bertz CT molecular complexity index is 1220. The maximum Gasteiger partial charge on any atom is 0.300 e. The molecular formula is C26H25CoI3N2O4. The Morgan fingerprint density at radius 3 is 2.11 bits per heavy atom. The molecular weight excluding hydrogens is 844 g/mol. The Kier molecular flexibility index (Phi) is 15.1. The third-order valence-corrected chi connectivity index (χ3v) is 6.85. The Morgan fingerprint density at radius 2 is 1.50 bits per heavy atom. The molecule has 3 aromatic rings. The number of benzene rings is 3. The van der Waals surface area contributed by atoms with Crippen LogP contribution in [0.5, 0.6) is 11.5 Å². The van der Waals surface area contributed by atoms with Gasteiger partial charge in [-0.05, 0) is 117 Å². The summed E-state index contributed by atoms with van der Waals surface area (Å²) in [6.45, 7) is 3.55. The molecule has 0 aromatic heterocycles. The van der Waals surface area contributed by atoms with Gasteiger partial charge in [0.25, 0.3) is 5.97 Å². The van der Waals surface area contributed by atoms with Gasteiger partial charge in [-0.1, -0.05) is 30.3 Å². The zero-order valence-corrected chi connectivity index (χ0v) is 27.0. The molecule has 10 heteroatoms. The van der Waals surface area contributed by atoms with E-state index in [1.165, 1.54) is 5.56 Å². The van der Waals surface area contributed by atoms with Gasteiger partial charge in [0, 0.05) is 50.8 Å². The molecule has 3 aromatic carbocycles. The summed E-state index contributed by atoms with van der Waals surface area (Å²) in [5.74, 6) is -0.345. The first-order chi connectivity index (χ1) is 16.6. The van der Waals surface area contributed by atoms with E-state index in [1.54, 1.807) is 12.4 Å². The van der Waals surface area contributed by atoms with E-state index in [-0.39, 0.29) is 34.3 Å². The number of carboxylic acids is 1. The molecule has 36 heavy (non-hydrogen) atoms. The predicted octanol–water partition coefficient (Wildman–Crippen LogP) is 6.46. The number of phenols is 2. The van der Waals surface area contributed by atoms with E-state index in [9.17, 15) is 10.2 Å². The Hall–Kier alpha value is -1.23. The van der Waals surface area contributed by atoms with Gasteiger partial charge in [0.1, 0.15) is 11.5 Å². The summed E-state index contributed by atoms with van der Waals surface area (Å²) in [5, 5.41) is 28.1. The molecule has 3 N–H and O–H groups in total. The van der Waals surface area contributed by atoms with Crippen molar-refractivity contribution in [1.82, 2.24) is 0 Å². The van der Waals surface area contributed by atoms with Crippen molar-refractivity contribution in [2.75, 3.05) is 6.54 Å². The fourth-order valence-electron chi connectivity index (χ4n) is 3.05. The molecule has 0 aliphatic heterocycles. The Labute approximate surface area is 262 Å². The van der Waals surface area contributed by atoms with Gasteiger partial charge >= 0.3 is 0 Å². The van der Waals surface area contributed by atoms with Crippen LogP contribution in [-0.4, -0.2) is 46.3 Å². The number of hydrogen-bond acceptors (Lipinski definition) is 5. The van der Waals surface area contributed by atoms with Gasteiger partial charge < -0.3 is 15.3 Å². The number of carbonyl (C=O) groups is 1. The van der Waals surface area contributed by atoms with Crippen molar-refractivity contribution in [2.24, 2.45) is 9.98 Å². The Balaban J connectivity index is 0.00000120. The summed E-state index contributed by atoms with van der Waals surface area (Å²) in [6.07, 6.45) is 4.17. The summed E-state index contributed by atoms with van der Waals surface area (Å²) < 4.78 is 2.65. The topological polar surface area (TPSA) is 102 Å². The van der Waals surface area contributed by atoms with Crippen LogP contribution < -0.4 is 0 Å². The normalized spacial score (nSPS) is 11.6. The molecule has 0 spiro atoms. The van der Waals surface area contributed by atoms with Crippen LogP contribution in [0.2, 0.25) is 0 Å². The van der Waals surface area contributed by atoms with Crippen LogP contribution in [0.15, 0.2) is 64.6 Å². The first kappa shape index (κ1) is 32.8. The van der Waals surface area contributed by atoms with E-state index < -0.39 is 5.97 Å². The maximum atomic E-state index is 10.4. The minimum absolute atomic E-state index is 0. The molecule has 0 heterocycles. The fraction of sp³-hybridized carbons (Fsp3) is 0.192. The molecule has 6 nitrogen and oxygen atoms in total. The predicted molar refractivity (Wildman–Crippen MR) is 166 cm³/mol. The molecule has 193 valence electrons. The van der Waals surface area contributed by atoms with Crippen LogP contribution in [0.1, 0.15) is 29.2 Å². The van der Waals surface area contributed by atoms with Gasteiger partial charge in [-0.25, -0.2) is 0 Å². The zero-order valence-electron chi connectivity index (χ0n) is 19.5. The van der Waals surface area contributed by atoms with E-state index in [4.69, 9.17) is 14.9 Å². The second-order valence-electron chi connectivity index (χ2n) is 7.65. The van der Waals surface area contributed by atoms with E-state index >= 15 is 0 Å². The molecule has 1 radical (unpaired) electrons. The van der Waals surface area contributed by atoms with Gasteiger partial charge in [0.05, 0.1) is 19.7 Å². The largest absolute Gasteiger partial charge is 0.506 e. The number of rotatable bonds is 7. The van der Waals surface area contributed by atoms with Crippen molar-refractivity contribution in [1.29, 1.82) is 0 Å². The molecule has 0 aliphatic rings. The molecule has 3 rings (SSSR count). The molecule has 0 bridgehead atoms. The SMILES string of the molecule is CC(=O)O.Cc1cc(I)c(O)c(C=NCC(Cc2ccccc2)N=Cc2cc(I)cc(I)c2O)c1.[Co]. The summed E-state index contributed by atoms with van der Waals surface area (Å²) in [4.78, 5) is 18.3. The summed E-state index contributed by atoms with van der Waals surface area (Å²) in [7, 11) is 0. The van der Waals surface area contributed by atoms with Crippen LogP contribution in [0, 0.1) is 17.6 Å². The van der Waals surface area contributed by atoms with Crippen LogP contribution in [-0.2, 0) is 28.0 Å². The van der Waals surface area contributed by atoms with Crippen molar-refractivity contribution >= 4 is 86.2 Å². The first-order valence-corrected chi connectivity index (χ1v) is 13.7. The molecule has 1 atom stereocenters. The first-order valence-electron chi connectivity index (χ1n) is 10.5. The monoisotopic (exact) mass is 869 g/mol. The Morgan fingerprint density at radius 1 is 0.944 bits per heavy atom. The van der Waals surface area contributed by atoms with Gasteiger partial charge in [-0.2, -0.15) is 0 Å². The number of nitrogens with zero attached hydrogens (tertiary/aromatic N) is 2. The van der Waals surface area contributed by atoms with E-state index in [0.717, 1.165) is 29.6 Å². The average molecular weight is 869 g/mol. The third kappa shape index (κ3) is 11.4. The van der Waals surface area contributed by atoms with Gasteiger partial charge in [-0.15, -0.1) is 0 Å². The second kappa shape index (κ2) is 16.6. The average Bonchev–Trinajstić information content (AvgIpc) is 2.78.